The fourth-order valence-electron chi connectivity index (χ4n) is 2.21. The topological polar surface area (TPSA) is 55.2 Å². The van der Waals surface area contributed by atoms with Crippen molar-refractivity contribution in [3.05, 3.63) is 46.2 Å². The van der Waals surface area contributed by atoms with Crippen molar-refractivity contribution in [1.29, 1.82) is 0 Å². The lowest BCUT2D eigenvalue weighted by Gasteiger charge is -2.17. The quantitative estimate of drug-likeness (QED) is 0.745. The summed E-state index contributed by atoms with van der Waals surface area (Å²) in [5.41, 5.74) is 1.83. The van der Waals surface area contributed by atoms with E-state index in [0.29, 0.717) is 16.5 Å². The molecule has 0 unspecified atom stereocenters. The molecular weight excluding hydrogens is 378 g/mol. The molecule has 0 atom stereocenters. The third-order valence-electron chi connectivity index (χ3n) is 3.74. The minimum Gasteiger partial charge on any atom is -0.272 e. The molecule has 126 valence electrons. The number of aryl methyl sites for hydroxylation is 1. The SMILES string of the molecule is CCn1cc(Br)c(CN(C)S(=O)(=O)c2ccc(C(C)C)cc2)n1. The molecule has 0 bridgehead atoms. The first-order valence-corrected chi connectivity index (χ1v) is 9.77. The van der Waals surface area contributed by atoms with Crippen molar-refractivity contribution in [2.24, 2.45) is 0 Å². The average molecular weight is 400 g/mol. The van der Waals surface area contributed by atoms with Gasteiger partial charge in [0.15, 0.2) is 0 Å². The van der Waals surface area contributed by atoms with Crippen molar-refractivity contribution in [3.8, 4) is 0 Å². The molecule has 1 aromatic carbocycles. The third kappa shape index (κ3) is 4.02. The summed E-state index contributed by atoms with van der Waals surface area (Å²) in [6.07, 6.45) is 1.85. The molecule has 0 aliphatic rings. The van der Waals surface area contributed by atoms with Crippen LogP contribution in [0.1, 0.15) is 37.9 Å². The number of benzene rings is 1. The fraction of sp³-hybridized carbons (Fsp3) is 0.438. The van der Waals surface area contributed by atoms with E-state index in [-0.39, 0.29) is 6.54 Å². The van der Waals surface area contributed by atoms with Crippen molar-refractivity contribution in [3.63, 3.8) is 0 Å². The molecule has 1 heterocycles. The van der Waals surface area contributed by atoms with Crippen LogP contribution in [0.2, 0.25) is 0 Å². The second kappa shape index (κ2) is 7.15. The lowest BCUT2D eigenvalue weighted by Crippen LogP contribution is -2.27. The van der Waals surface area contributed by atoms with Crippen LogP contribution in [0.5, 0.6) is 0 Å². The van der Waals surface area contributed by atoms with Crippen LogP contribution in [0.3, 0.4) is 0 Å². The summed E-state index contributed by atoms with van der Waals surface area (Å²) in [6.45, 7) is 7.11. The van der Waals surface area contributed by atoms with Gasteiger partial charge < -0.3 is 0 Å². The Morgan fingerprint density at radius 2 is 1.87 bits per heavy atom. The minimum absolute atomic E-state index is 0.224. The average Bonchev–Trinajstić information content (AvgIpc) is 2.87. The van der Waals surface area contributed by atoms with Gasteiger partial charge in [-0.1, -0.05) is 26.0 Å². The van der Waals surface area contributed by atoms with Crippen LogP contribution in [0.15, 0.2) is 39.8 Å². The second-order valence-electron chi connectivity index (χ2n) is 5.76. The zero-order chi connectivity index (χ0) is 17.2. The molecule has 2 rings (SSSR count). The highest BCUT2D eigenvalue weighted by molar-refractivity contribution is 9.10. The molecule has 0 amide bonds. The van der Waals surface area contributed by atoms with Gasteiger partial charge in [-0.05, 0) is 46.5 Å². The highest BCUT2D eigenvalue weighted by atomic mass is 79.9. The summed E-state index contributed by atoms with van der Waals surface area (Å²) in [5, 5.41) is 4.38. The number of rotatable bonds is 6. The maximum absolute atomic E-state index is 12.7. The van der Waals surface area contributed by atoms with Gasteiger partial charge >= 0.3 is 0 Å². The third-order valence-corrected chi connectivity index (χ3v) is 6.22. The lowest BCUT2D eigenvalue weighted by molar-refractivity contribution is 0.458. The van der Waals surface area contributed by atoms with E-state index in [1.807, 2.05) is 25.3 Å². The molecule has 7 heteroatoms. The van der Waals surface area contributed by atoms with Gasteiger partial charge in [0.2, 0.25) is 10.0 Å². The first-order valence-electron chi connectivity index (χ1n) is 7.53. The molecule has 0 saturated heterocycles. The van der Waals surface area contributed by atoms with E-state index >= 15 is 0 Å². The monoisotopic (exact) mass is 399 g/mol. The van der Waals surface area contributed by atoms with E-state index in [1.165, 1.54) is 4.31 Å². The maximum atomic E-state index is 12.7. The van der Waals surface area contributed by atoms with Crippen LogP contribution in [0, 0.1) is 0 Å². The molecule has 2 aromatic rings. The van der Waals surface area contributed by atoms with Gasteiger partial charge in [0, 0.05) is 19.8 Å². The standard InChI is InChI=1S/C16H22BrN3O2S/c1-5-20-10-15(17)16(18-20)11-19(4)23(21,22)14-8-6-13(7-9-14)12(2)3/h6-10,12H,5,11H2,1-4H3. The van der Waals surface area contributed by atoms with Gasteiger partial charge in [-0.2, -0.15) is 9.40 Å². The van der Waals surface area contributed by atoms with Gasteiger partial charge in [-0.15, -0.1) is 0 Å². The number of hydrogen-bond donors (Lipinski definition) is 0. The number of aromatic nitrogens is 2. The second-order valence-corrected chi connectivity index (χ2v) is 8.66. The van der Waals surface area contributed by atoms with Crippen molar-refractivity contribution in [2.45, 2.75) is 44.7 Å². The van der Waals surface area contributed by atoms with Crippen LogP contribution in [0.25, 0.3) is 0 Å². The van der Waals surface area contributed by atoms with Gasteiger partial charge in [0.05, 0.1) is 21.6 Å². The van der Waals surface area contributed by atoms with Crippen LogP contribution in [-0.2, 0) is 23.1 Å². The highest BCUT2D eigenvalue weighted by Crippen LogP contribution is 2.22. The van der Waals surface area contributed by atoms with Gasteiger partial charge in [0.1, 0.15) is 0 Å². The van der Waals surface area contributed by atoms with Crippen LogP contribution in [-0.4, -0.2) is 29.6 Å². The Hall–Kier alpha value is -1.18. The largest absolute Gasteiger partial charge is 0.272 e. The van der Waals surface area contributed by atoms with Crippen molar-refractivity contribution >= 4 is 26.0 Å². The number of hydrogen-bond acceptors (Lipinski definition) is 3. The number of halogens is 1. The number of nitrogens with zero attached hydrogens (tertiary/aromatic N) is 3. The lowest BCUT2D eigenvalue weighted by atomic mass is 10.0. The van der Waals surface area contributed by atoms with Gasteiger partial charge in [-0.3, -0.25) is 4.68 Å². The first kappa shape index (κ1) is 18.2. The van der Waals surface area contributed by atoms with Crippen LogP contribution >= 0.6 is 15.9 Å². The molecule has 23 heavy (non-hydrogen) atoms. The minimum atomic E-state index is -3.53. The Morgan fingerprint density at radius 3 is 2.35 bits per heavy atom. The molecule has 0 saturated carbocycles. The van der Waals surface area contributed by atoms with Gasteiger partial charge in [-0.25, -0.2) is 8.42 Å². The van der Waals surface area contributed by atoms with E-state index in [1.54, 1.807) is 23.9 Å². The zero-order valence-electron chi connectivity index (χ0n) is 13.8. The summed E-state index contributed by atoms with van der Waals surface area (Å²) >= 11 is 3.43. The van der Waals surface area contributed by atoms with E-state index in [0.717, 1.165) is 16.6 Å². The first-order chi connectivity index (χ1) is 10.8. The van der Waals surface area contributed by atoms with E-state index in [2.05, 4.69) is 34.9 Å². The summed E-state index contributed by atoms with van der Waals surface area (Å²) < 4.78 is 29.3. The molecule has 0 aliphatic heterocycles. The van der Waals surface area contributed by atoms with E-state index < -0.39 is 10.0 Å². The Bertz CT molecular complexity index is 767. The van der Waals surface area contributed by atoms with Gasteiger partial charge in [0.25, 0.3) is 0 Å². The normalized spacial score (nSPS) is 12.3. The molecule has 0 aliphatic carbocycles. The predicted molar refractivity (Wildman–Crippen MR) is 94.8 cm³/mol. The zero-order valence-corrected chi connectivity index (χ0v) is 16.2. The molecule has 1 aromatic heterocycles. The van der Waals surface area contributed by atoms with E-state index in [9.17, 15) is 8.42 Å². The maximum Gasteiger partial charge on any atom is 0.243 e. The summed E-state index contributed by atoms with van der Waals surface area (Å²) in [7, 11) is -1.96. The Labute approximate surface area is 146 Å². The molecule has 5 nitrogen and oxygen atoms in total. The Morgan fingerprint density at radius 1 is 1.26 bits per heavy atom. The highest BCUT2D eigenvalue weighted by Gasteiger charge is 2.22. The molecule has 0 fully saturated rings. The Kier molecular flexibility index (Phi) is 5.65. The predicted octanol–water partition coefficient (Wildman–Crippen LogP) is 3.61. The van der Waals surface area contributed by atoms with Crippen molar-refractivity contribution in [2.75, 3.05) is 7.05 Å². The Balaban J connectivity index is 2.22. The summed E-state index contributed by atoms with van der Waals surface area (Å²) in [4.78, 5) is 0.301. The smallest absolute Gasteiger partial charge is 0.243 e. The van der Waals surface area contributed by atoms with E-state index in [4.69, 9.17) is 0 Å². The van der Waals surface area contributed by atoms with Crippen molar-refractivity contribution < 1.29 is 8.42 Å². The molecule has 0 N–H and O–H groups in total. The summed E-state index contributed by atoms with van der Waals surface area (Å²) in [6, 6.07) is 7.07. The van der Waals surface area contributed by atoms with Crippen LogP contribution in [0.4, 0.5) is 0 Å². The molecular formula is C16H22BrN3O2S. The van der Waals surface area contributed by atoms with Crippen molar-refractivity contribution in [1.82, 2.24) is 14.1 Å². The molecule has 0 radical (unpaired) electrons. The van der Waals surface area contributed by atoms with Crippen LogP contribution < -0.4 is 0 Å². The number of sulfonamides is 1. The summed E-state index contributed by atoms with van der Waals surface area (Å²) in [5.74, 6) is 0.374. The molecule has 0 spiro atoms. The fourth-order valence-corrected chi connectivity index (χ4v) is 3.78.